The maximum Gasteiger partial charge on any atom is 0.271 e. The summed E-state index contributed by atoms with van der Waals surface area (Å²) in [6.07, 6.45) is 4.53. The Kier molecular flexibility index (Phi) is 6.04. The zero-order chi connectivity index (χ0) is 23.9. The molecule has 1 fully saturated rings. The molecule has 180 valence electrons. The van der Waals surface area contributed by atoms with Crippen molar-refractivity contribution in [2.75, 3.05) is 26.2 Å². The van der Waals surface area contributed by atoms with Gasteiger partial charge in [0.1, 0.15) is 4.70 Å². The monoisotopic (exact) mass is 504 g/mol. The predicted molar refractivity (Wildman–Crippen MR) is 142 cm³/mol. The Bertz CT molecular complexity index is 1430. The molecule has 1 aliphatic heterocycles. The smallest absolute Gasteiger partial charge is 0.271 e. The van der Waals surface area contributed by atoms with Gasteiger partial charge >= 0.3 is 0 Å². The van der Waals surface area contributed by atoms with Gasteiger partial charge in [-0.1, -0.05) is 18.2 Å². The SMILES string of the molecule is CC(=O)N1CCN(Cc2ccc3c(c2)CCC(n2cnc4cc(-c5ccsc5)sc4c2=O)C3)CC1. The minimum Gasteiger partial charge on any atom is -0.340 e. The van der Waals surface area contributed by atoms with Crippen LogP contribution in [0.3, 0.4) is 0 Å². The summed E-state index contributed by atoms with van der Waals surface area (Å²) in [6.45, 7) is 6.05. The highest BCUT2D eigenvalue weighted by Gasteiger charge is 2.24. The highest BCUT2D eigenvalue weighted by atomic mass is 32.1. The summed E-state index contributed by atoms with van der Waals surface area (Å²) in [5, 5.41) is 4.17. The predicted octanol–water partition coefficient (Wildman–Crippen LogP) is 4.58. The third-order valence-electron chi connectivity index (χ3n) is 7.36. The van der Waals surface area contributed by atoms with E-state index in [-0.39, 0.29) is 17.5 Å². The molecule has 1 unspecified atom stereocenters. The topological polar surface area (TPSA) is 58.4 Å². The zero-order valence-electron chi connectivity index (χ0n) is 19.8. The number of rotatable bonds is 4. The number of aryl methyl sites for hydroxylation is 1. The minimum absolute atomic E-state index is 0.0799. The van der Waals surface area contributed by atoms with Crippen molar-refractivity contribution in [1.82, 2.24) is 19.4 Å². The van der Waals surface area contributed by atoms with Gasteiger partial charge in [-0.2, -0.15) is 11.3 Å². The van der Waals surface area contributed by atoms with E-state index >= 15 is 0 Å². The van der Waals surface area contributed by atoms with Crippen LogP contribution in [0.15, 0.2) is 52.2 Å². The summed E-state index contributed by atoms with van der Waals surface area (Å²) < 4.78 is 2.61. The van der Waals surface area contributed by atoms with Crippen molar-refractivity contribution in [2.45, 2.75) is 38.8 Å². The average Bonchev–Trinajstić information content (AvgIpc) is 3.55. The summed E-state index contributed by atoms with van der Waals surface area (Å²) in [5.41, 5.74) is 6.10. The van der Waals surface area contributed by atoms with Crippen LogP contribution < -0.4 is 5.56 Å². The molecule has 0 spiro atoms. The summed E-state index contributed by atoms with van der Waals surface area (Å²) in [5.74, 6) is 0.170. The number of carbonyl (C=O) groups is 1. The molecule has 4 heterocycles. The van der Waals surface area contributed by atoms with E-state index < -0.39 is 0 Å². The van der Waals surface area contributed by atoms with Gasteiger partial charge in [0.25, 0.3) is 5.56 Å². The van der Waals surface area contributed by atoms with Crippen LogP contribution in [0.2, 0.25) is 0 Å². The Morgan fingerprint density at radius 1 is 1.11 bits per heavy atom. The van der Waals surface area contributed by atoms with Gasteiger partial charge in [0.05, 0.1) is 11.8 Å². The number of benzene rings is 1. The van der Waals surface area contributed by atoms with Crippen LogP contribution in [-0.4, -0.2) is 51.4 Å². The first-order valence-electron chi connectivity index (χ1n) is 12.2. The van der Waals surface area contributed by atoms with Crippen molar-refractivity contribution < 1.29 is 4.79 Å². The number of carbonyl (C=O) groups excluding carboxylic acids is 1. The highest BCUT2D eigenvalue weighted by Crippen LogP contribution is 2.33. The van der Waals surface area contributed by atoms with Crippen LogP contribution in [0.5, 0.6) is 0 Å². The van der Waals surface area contributed by atoms with E-state index in [1.165, 1.54) is 16.7 Å². The second-order valence-corrected chi connectivity index (χ2v) is 11.4. The number of thiophene rings is 2. The molecule has 1 aliphatic carbocycles. The van der Waals surface area contributed by atoms with E-state index in [0.29, 0.717) is 0 Å². The second kappa shape index (κ2) is 9.33. The lowest BCUT2D eigenvalue weighted by atomic mass is 9.87. The van der Waals surface area contributed by atoms with Gasteiger partial charge in [0, 0.05) is 56.1 Å². The van der Waals surface area contributed by atoms with Gasteiger partial charge < -0.3 is 4.90 Å². The molecule has 3 aromatic heterocycles. The number of amides is 1. The molecule has 4 aromatic rings. The van der Waals surface area contributed by atoms with Gasteiger partial charge in [-0.3, -0.25) is 19.1 Å². The van der Waals surface area contributed by atoms with Crippen molar-refractivity contribution in [3.63, 3.8) is 0 Å². The first kappa shape index (κ1) is 22.6. The number of nitrogens with zero attached hydrogens (tertiary/aromatic N) is 4. The van der Waals surface area contributed by atoms with Crippen molar-refractivity contribution in [3.8, 4) is 10.4 Å². The average molecular weight is 505 g/mol. The molecule has 1 aromatic carbocycles. The number of piperazine rings is 1. The second-order valence-electron chi connectivity index (χ2n) is 9.58. The lowest BCUT2D eigenvalue weighted by Crippen LogP contribution is -2.47. The molecule has 1 amide bonds. The summed E-state index contributed by atoms with van der Waals surface area (Å²) in [7, 11) is 0. The Morgan fingerprint density at radius 2 is 1.97 bits per heavy atom. The molecular weight excluding hydrogens is 476 g/mol. The number of hydrogen-bond donors (Lipinski definition) is 0. The van der Waals surface area contributed by atoms with Crippen LogP contribution >= 0.6 is 22.7 Å². The first-order valence-corrected chi connectivity index (χ1v) is 13.9. The zero-order valence-corrected chi connectivity index (χ0v) is 21.4. The van der Waals surface area contributed by atoms with E-state index in [2.05, 4.69) is 44.9 Å². The maximum atomic E-state index is 13.4. The molecule has 1 saturated heterocycles. The maximum absolute atomic E-state index is 13.4. The van der Waals surface area contributed by atoms with E-state index in [1.807, 2.05) is 15.5 Å². The number of fused-ring (bicyclic) bond motifs is 2. The molecular formula is C27H28N4O2S2. The van der Waals surface area contributed by atoms with Crippen LogP contribution in [0.4, 0.5) is 0 Å². The fourth-order valence-electron chi connectivity index (χ4n) is 5.34. The largest absolute Gasteiger partial charge is 0.340 e. The molecule has 6 rings (SSSR count). The Morgan fingerprint density at radius 3 is 2.74 bits per heavy atom. The van der Waals surface area contributed by atoms with Gasteiger partial charge in [-0.05, 0) is 58.8 Å². The third-order valence-corrected chi connectivity index (χ3v) is 9.20. The van der Waals surface area contributed by atoms with E-state index in [9.17, 15) is 9.59 Å². The van der Waals surface area contributed by atoms with Crippen molar-refractivity contribution >= 4 is 38.8 Å². The normalized spacial score (nSPS) is 18.7. The molecule has 1 atom stereocenters. The van der Waals surface area contributed by atoms with Crippen molar-refractivity contribution in [2.24, 2.45) is 0 Å². The third kappa shape index (κ3) is 4.46. The lowest BCUT2D eigenvalue weighted by molar-refractivity contribution is -0.130. The van der Waals surface area contributed by atoms with Crippen LogP contribution in [-0.2, 0) is 24.2 Å². The fourth-order valence-corrected chi connectivity index (χ4v) is 7.11. The van der Waals surface area contributed by atoms with Gasteiger partial charge in [-0.15, -0.1) is 11.3 Å². The van der Waals surface area contributed by atoms with Gasteiger partial charge in [0.15, 0.2) is 0 Å². The first-order chi connectivity index (χ1) is 17.0. The molecule has 35 heavy (non-hydrogen) atoms. The lowest BCUT2D eigenvalue weighted by Gasteiger charge is -2.34. The minimum atomic E-state index is 0.0799. The van der Waals surface area contributed by atoms with Crippen LogP contribution in [0, 0.1) is 0 Å². The molecule has 0 radical (unpaired) electrons. The molecule has 2 aliphatic rings. The van der Waals surface area contributed by atoms with Gasteiger partial charge in [-0.25, -0.2) is 4.98 Å². The highest BCUT2D eigenvalue weighted by molar-refractivity contribution is 7.22. The summed E-state index contributed by atoms with van der Waals surface area (Å²) in [6, 6.07) is 11.1. The van der Waals surface area contributed by atoms with Gasteiger partial charge in [0.2, 0.25) is 5.91 Å². The van der Waals surface area contributed by atoms with E-state index in [0.717, 1.165) is 72.6 Å². The van der Waals surface area contributed by atoms with Crippen molar-refractivity contribution in [3.05, 3.63) is 74.5 Å². The van der Waals surface area contributed by atoms with E-state index in [1.54, 1.807) is 35.9 Å². The molecule has 0 saturated carbocycles. The fraction of sp³-hybridized carbons (Fsp3) is 0.370. The van der Waals surface area contributed by atoms with Crippen LogP contribution in [0.25, 0.3) is 20.7 Å². The Labute approximate surface area is 212 Å². The molecule has 6 nitrogen and oxygen atoms in total. The number of hydrogen-bond acceptors (Lipinski definition) is 6. The molecule has 8 heteroatoms. The quantitative estimate of drug-likeness (QED) is 0.408. The Balaban J connectivity index is 1.17. The number of aromatic nitrogens is 2. The van der Waals surface area contributed by atoms with Crippen LogP contribution in [0.1, 0.15) is 36.1 Å². The standard InChI is InChI=1S/C27H28N4O2S2/c1-18(32)30-9-7-29(8-10-30)15-19-2-3-21-13-23(5-4-20(21)12-19)31-17-28-24-14-25(22-6-11-34-16-22)35-26(24)27(31)33/h2-3,6,11-12,14,16-17,23H,4-5,7-10,13,15H2,1H3. The summed E-state index contributed by atoms with van der Waals surface area (Å²) in [4.78, 5) is 35.0. The summed E-state index contributed by atoms with van der Waals surface area (Å²) >= 11 is 3.22. The molecule has 0 N–H and O–H groups in total. The van der Waals surface area contributed by atoms with E-state index in [4.69, 9.17) is 0 Å². The van der Waals surface area contributed by atoms with Crippen molar-refractivity contribution in [1.29, 1.82) is 0 Å². The Hall–Kier alpha value is -2.81. The molecule has 0 bridgehead atoms.